The van der Waals surface area contributed by atoms with E-state index < -0.39 is 10.1 Å². The zero-order valence-electron chi connectivity index (χ0n) is 18.6. The molecule has 0 bridgehead atoms. The zero-order valence-corrected chi connectivity index (χ0v) is 19.4. The van der Waals surface area contributed by atoms with Gasteiger partial charge in [0.2, 0.25) is 0 Å². The molecule has 0 saturated carbocycles. The summed E-state index contributed by atoms with van der Waals surface area (Å²) in [5.74, 6) is 1.52. The molecule has 0 radical (unpaired) electrons. The quantitative estimate of drug-likeness (QED) is 0.457. The molecule has 3 aromatic rings. The smallest absolute Gasteiger partial charge is 0.261 e. The molecule has 0 aliphatic carbocycles. The number of aliphatic hydroxyl groups is 1. The number of rotatable bonds is 3. The second kappa shape index (κ2) is 8.86. The highest BCUT2D eigenvalue weighted by molar-refractivity contribution is 7.85. The molecule has 1 atom stereocenters. The highest BCUT2D eigenvalue weighted by atomic mass is 32.2. The van der Waals surface area contributed by atoms with E-state index in [1.807, 2.05) is 0 Å². The van der Waals surface area contributed by atoms with Crippen molar-refractivity contribution in [1.82, 2.24) is 4.90 Å². The van der Waals surface area contributed by atoms with Gasteiger partial charge in [0, 0.05) is 12.6 Å². The van der Waals surface area contributed by atoms with Crippen LogP contribution in [0.5, 0.6) is 11.5 Å². The molecular formula is C24H29NO6S. The van der Waals surface area contributed by atoms with Gasteiger partial charge in [-0.15, -0.1) is 0 Å². The third-order valence-corrected chi connectivity index (χ3v) is 6.39. The summed E-state index contributed by atoms with van der Waals surface area (Å²) in [5, 5.41) is 14.6. The van der Waals surface area contributed by atoms with Crippen molar-refractivity contribution in [3.05, 3.63) is 47.0 Å². The van der Waals surface area contributed by atoms with Crippen molar-refractivity contribution in [3.8, 4) is 11.5 Å². The zero-order chi connectivity index (χ0) is 23.0. The summed E-state index contributed by atoms with van der Waals surface area (Å²) in [7, 11) is -0.296. The molecule has 2 aliphatic heterocycles. The lowest BCUT2D eigenvalue weighted by atomic mass is 9.85. The first-order valence-corrected chi connectivity index (χ1v) is 12.5. The summed E-state index contributed by atoms with van der Waals surface area (Å²) in [6.45, 7) is 2.25. The van der Waals surface area contributed by atoms with Gasteiger partial charge < -0.3 is 14.6 Å². The number of fused-ring (bicyclic) bond motifs is 7. The molecule has 2 heterocycles. The minimum atomic E-state index is -3.67. The van der Waals surface area contributed by atoms with Gasteiger partial charge in [0.25, 0.3) is 10.1 Å². The van der Waals surface area contributed by atoms with Gasteiger partial charge in [-0.25, -0.2) is 0 Å². The van der Waals surface area contributed by atoms with Crippen LogP contribution < -0.4 is 9.47 Å². The average Bonchev–Trinajstić information content (AvgIpc) is 3.23. The molecule has 1 saturated heterocycles. The van der Waals surface area contributed by atoms with Crippen LogP contribution in [0.1, 0.15) is 29.5 Å². The summed E-state index contributed by atoms with van der Waals surface area (Å²) in [6.07, 6.45) is 4.40. The standard InChI is InChI=1S/C23H25NO3.CH4O3S/c1-26-22-10-19-17-8-14(13-25)5-6-16(17)18-9-15-4-3-7-24(15)12-21(18)20(19)11-23(22)27-2;1-5(2,3)4/h5-6,8,10-11,15,25H,3-4,7,9,12-13H2,1-2H3;1H3,(H,2,3,4)/t15-;/m0./s1. The summed E-state index contributed by atoms with van der Waals surface area (Å²) >= 11 is 0. The molecule has 8 heteroatoms. The van der Waals surface area contributed by atoms with Crippen molar-refractivity contribution in [3.63, 3.8) is 0 Å². The Morgan fingerprint density at radius 1 is 1.00 bits per heavy atom. The van der Waals surface area contributed by atoms with Gasteiger partial charge in [0.1, 0.15) is 0 Å². The van der Waals surface area contributed by atoms with E-state index in [2.05, 4.69) is 35.2 Å². The molecule has 7 nitrogen and oxygen atoms in total. The number of ether oxygens (including phenoxy) is 2. The SMILES string of the molecule is COc1cc2c3c(c4ccc(CO)cc4c2cc1OC)C[C@@H]1CCCN1C3.CS(=O)(=O)O. The van der Waals surface area contributed by atoms with Crippen molar-refractivity contribution < 1.29 is 27.6 Å². The van der Waals surface area contributed by atoms with Crippen molar-refractivity contribution in [1.29, 1.82) is 0 Å². The molecule has 0 unspecified atom stereocenters. The molecule has 5 rings (SSSR count). The predicted octanol–water partition coefficient (Wildman–Crippen LogP) is 3.53. The van der Waals surface area contributed by atoms with E-state index in [-0.39, 0.29) is 6.61 Å². The van der Waals surface area contributed by atoms with Crippen LogP contribution in [-0.4, -0.2) is 56.0 Å². The van der Waals surface area contributed by atoms with E-state index >= 15 is 0 Å². The molecule has 0 aromatic heterocycles. The maximum atomic E-state index is 9.66. The molecule has 3 aromatic carbocycles. The molecule has 2 aliphatic rings. The Kier molecular flexibility index (Phi) is 6.31. The van der Waals surface area contributed by atoms with E-state index in [0.717, 1.165) is 30.0 Å². The monoisotopic (exact) mass is 459 g/mol. The van der Waals surface area contributed by atoms with E-state index in [1.54, 1.807) is 14.2 Å². The first kappa shape index (κ1) is 22.8. The van der Waals surface area contributed by atoms with Gasteiger partial charge in [-0.1, -0.05) is 12.1 Å². The van der Waals surface area contributed by atoms with Crippen molar-refractivity contribution in [2.45, 2.75) is 38.5 Å². The van der Waals surface area contributed by atoms with E-state index in [1.165, 1.54) is 52.1 Å². The average molecular weight is 460 g/mol. The molecule has 0 spiro atoms. The Balaban J connectivity index is 0.000000444. The number of benzene rings is 3. The molecule has 1 fully saturated rings. The molecule has 172 valence electrons. The summed E-state index contributed by atoms with van der Waals surface area (Å²) < 4.78 is 37.0. The van der Waals surface area contributed by atoms with Crippen LogP contribution >= 0.6 is 0 Å². The van der Waals surface area contributed by atoms with Crippen molar-refractivity contribution >= 4 is 31.7 Å². The second-order valence-electron chi connectivity index (χ2n) is 8.45. The maximum Gasteiger partial charge on any atom is 0.261 e. The largest absolute Gasteiger partial charge is 0.493 e. The van der Waals surface area contributed by atoms with Crippen LogP contribution in [0.4, 0.5) is 0 Å². The third-order valence-electron chi connectivity index (χ3n) is 6.39. The van der Waals surface area contributed by atoms with Gasteiger partial charge in [0.05, 0.1) is 27.1 Å². The van der Waals surface area contributed by atoms with E-state index in [4.69, 9.17) is 14.0 Å². The Morgan fingerprint density at radius 2 is 1.62 bits per heavy atom. The first-order valence-electron chi connectivity index (χ1n) is 10.6. The minimum Gasteiger partial charge on any atom is -0.493 e. The molecule has 2 N–H and O–H groups in total. The van der Waals surface area contributed by atoms with Crippen molar-refractivity contribution in [2.24, 2.45) is 0 Å². The number of methoxy groups -OCH3 is 2. The molecule has 0 amide bonds. The highest BCUT2D eigenvalue weighted by Crippen LogP contribution is 2.43. The number of hydrogen-bond donors (Lipinski definition) is 2. The van der Waals surface area contributed by atoms with Crippen LogP contribution in [0.25, 0.3) is 21.5 Å². The number of aliphatic hydroxyl groups excluding tert-OH is 1. The molecule has 32 heavy (non-hydrogen) atoms. The Morgan fingerprint density at radius 3 is 2.25 bits per heavy atom. The van der Waals surface area contributed by atoms with Gasteiger partial charge in [-0.2, -0.15) is 8.42 Å². The lowest BCUT2D eigenvalue weighted by Gasteiger charge is -2.33. The highest BCUT2D eigenvalue weighted by Gasteiger charge is 2.32. The fraction of sp³-hybridized carbons (Fsp3) is 0.417. The van der Waals surface area contributed by atoms with Crippen LogP contribution in [-0.2, 0) is 29.7 Å². The topological polar surface area (TPSA) is 96.3 Å². The second-order valence-corrected chi connectivity index (χ2v) is 9.92. The third kappa shape index (κ3) is 4.41. The lowest BCUT2D eigenvalue weighted by Crippen LogP contribution is -2.35. The Bertz CT molecular complexity index is 1260. The maximum absolute atomic E-state index is 9.66. The summed E-state index contributed by atoms with van der Waals surface area (Å²) in [5.41, 5.74) is 3.84. The van der Waals surface area contributed by atoms with Crippen molar-refractivity contribution in [2.75, 3.05) is 27.0 Å². The Labute approximate surface area is 188 Å². The van der Waals surface area contributed by atoms with Gasteiger partial charge in [0.15, 0.2) is 11.5 Å². The number of nitrogens with zero attached hydrogens (tertiary/aromatic N) is 1. The lowest BCUT2D eigenvalue weighted by molar-refractivity contribution is 0.229. The fourth-order valence-corrected chi connectivity index (χ4v) is 5.04. The van der Waals surface area contributed by atoms with Gasteiger partial charge in [-0.3, -0.25) is 9.45 Å². The van der Waals surface area contributed by atoms with Crippen LogP contribution in [0.15, 0.2) is 30.3 Å². The van der Waals surface area contributed by atoms with Crippen LogP contribution in [0.2, 0.25) is 0 Å². The summed E-state index contributed by atoms with van der Waals surface area (Å²) in [4.78, 5) is 2.63. The van der Waals surface area contributed by atoms with Gasteiger partial charge >= 0.3 is 0 Å². The van der Waals surface area contributed by atoms with Crippen LogP contribution in [0.3, 0.4) is 0 Å². The summed E-state index contributed by atoms with van der Waals surface area (Å²) in [6, 6.07) is 11.3. The number of hydrogen-bond acceptors (Lipinski definition) is 6. The minimum absolute atomic E-state index is 0.0538. The van der Waals surface area contributed by atoms with Crippen LogP contribution in [0, 0.1) is 0 Å². The molecular weight excluding hydrogens is 430 g/mol. The van der Waals surface area contributed by atoms with E-state index in [9.17, 15) is 13.5 Å². The first-order chi connectivity index (χ1) is 15.2. The normalized spacial score (nSPS) is 18.1. The predicted molar refractivity (Wildman–Crippen MR) is 125 cm³/mol. The Hall–Kier alpha value is -2.39. The van der Waals surface area contributed by atoms with E-state index in [0.29, 0.717) is 12.3 Å². The fourth-order valence-electron chi connectivity index (χ4n) is 5.04. The van der Waals surface area contributed by atoms with Gasteiger partial charge in [-0.05, 0) is 82.2 Å².